The molecule has 0 saturated heterocycles. The van der Waals surface area contributed by atoms with E-state index in [0.29, 0.717) is 56.4 Å². The van der Waals surface area contributed by atoms with Crippen LogP contribution in [0.25, 0.3) is 22.3 Å². The maximum Gasteiger partial charge on any atom is 0.139 e. The molecule has 244 valence electrons. The SMILES string of the molecule is [2H]C([2H])([2H])c1ccc([Si](C)(C)c2ccc(C)c(-c3cccc4c3Oc3ccccc3C4(C)C([2H])([2H])[2H])c2)cc1-c1cccc2c1Oc1ccccc1C2(C)C([2H])([2H])[2H]. The van der Waals surface area contributed by atoms with Gasteiger partial charge in [-0.3, -0.25) is 0 Å². The summed E-state index contributed by atoms with van der Waals surface area (Å²) in [5.41, 5.74) is 3.31. The molecule has 0 bridgehead atoms. The number of rotatable bonds is 4. The van der Waals surface area contributed by atoms with Crippen molar-refractivity contribution in [3.05, 3.63) is 155 Å². The molecule has 0 saturated carbocycles. The third-order valence-electron chi connectivity index (χ3n) is 10.7. The standard InChI is InChI=1S/C46H44O2Si/c1-29-23-25-31(27-35(29)33-15-13-19-39-43(33)47-41-21-11-9-17-37(41)45(39,3)4)49(7,8)32-26-24-30(2)36(28-32)34-16-14-20-40-44(34)48-42-22-12-10-18-38(42)46(40,5)6/h9-28H,1-8H3/i1D3,3D3,5D3. The second-order valence-electron chi connectivity index (χ2n) is 14.2. The van der Waals surface area contributed by atoms with Crippen molar-refractivity contribution in [3.8, 4) is 45.3 Å². The van der Waals surface area contributed by atoms with E-state index in [1.165, 1.54) is 0 Å². The lowest BCUT2D eigenvalue weighted by atomic mass is 9.74. The van der Waals surface area contributed by atoms with Gasteiger partial charge in [0.05, 0.1) is 0 Å². The van der Waals surface area contributed by atoms with E-state index in [4.69, 9.17) is 21.8 Å². The molecule has 0 radical (unpaired) electrons. The van der Waals surface area contributed by atoms with Gasteiger partial charge >= 0.3 is 0 Å². The zero-order chi connectivity index (χ0) is 41.8. The lowest BCUT2D eigenvalue weighted by Gasteiger charge is -2.36. The maximum atomic E-state index is 8.70. The third-order valence-corrected chi connectivity index (χ3v) is 14.2. The highest BCUT2D eigenvalue weighted by Crippen LogP contribution is 2.52. The van der Waals surface area contributed by atoms with Crippen LogP contribution in [0.15, 0.2) is 121 Å². The topological polar surface area (TPSA) is 18.5 Å². The van der Waals surface area contributed by atoms with Gasteiger partial charge in [-0.2, -0.15) is 0 Å². The van der Waals surface area contributed by atoms with Gasteiger partial charge in [0.25, 0.3) is 0 Å². The molecule has 2 unspecified atom stereocenters. The minimum atomic E-state index is -2.64. The van der Waals surface area contributed by atoms with Gasteiger partial charge < -0.3 is 9.47 Å². The highest BCUT2D eigenvalue weighted by Gasteiger charge is 2.37. The molecule has 0 spiro atoms. The first-order chi connectivity index (χ1) is 27.1. The van der Waals surface area contributed by atoms with E-state index in [1.54, 1.807) is 56.3 Å². The lowest BCUT2D eigenvalue weighted by molar-refractivity contribution is 0.419. The molecule has 2 heterocycles. The fourth-order valence-electron chi connectivity index (χ4n) is 7.58. The maximum absolute atomic E-state index is 8.70. The average Bonchev–Trinajstić information content (AvgIpc) is 3.16. The minimum absolute atomic E-state index is 0.141. The number of aryl methyl sites for hydroxylation is 2. The molecular formula is C46H44O2Si. The van der Waals surface area contributed by atoms with Crippen LogP contribution >= 0.6 is 0 Å². The molecule has 0 fully saturated rings. The zero-order valence-corrected chi connectivity index (χ0v) is 29.4. The summed E-state index contributed by atoms with van der Waals surface area (Å²) >= 11 is 0. The summed E-state index contributed by atoms with van der Waals surface area (Å²) in [5, 5.41) is 2.04. The van der Waals surface area contributed by atoms with Gasteiger partial charge in [-0.25, -0.2) is 0 Å². The second kappa shape index (κ2) is 11.1. The van der Waals surface area contributed by atoms with Crippen LogP contribution in [-0.4, -0.2) is 8.07 Å². The summed E-state index contributed by atoms with van der Waals surface area (Å²) in [7, 11) is -2.64. The average molecular weight is 666 g/mol. The Morgan fingerprint density at radius 2 is 0.959 bits per heavy atom. The molecule has 2 aliphatic rings. The Hall–Kier alpha value is -4.86. The van der Waals surface area contributed by atoms with Crippen molar-refractivity contribution in [2.24, 2.45) is 0 Å². The molecule has 8 rings (SSSR count). The molecule has 6 aromatic rings. The van der Waals surface area contributed by atoms with Crippen LogP contribution in [0.3, 0.4) is 0 Å². The molecule has 2 aliphatic heterocycles. The van der Waals surface area contributed by atoms with Crippen molar-refractivity contribution >= 4 is 18.4 Å². The Balaban J connectivity index is 1.28. The molecule has 6 aromatic carbocycles. The van der Waals surface area contributed by atoms with Gasteiger partial charge in [-0.1, -0.05) is 160 Å². The number of hydrogen-bond acceptors (Lipinski definition) is 2. The smallest absolute Gasteiger partial charge is 0.139 e. The summed E-state index contributed by atoms with van der Waals surface area (Å²) < 4.78 is 91.1. The quantitative estimate of drug-likeness (QED) is 0.175. The molecule has 3 heteroatoms. The Labute approximate surface area is 305 Å². The fourth-order valence-corrected chi connectivity index (χ4v) is 9.92. The van der Waals surface area contributed by atoms with Crippen LogP contribution in [0.4, 0.5) is 0 Å². The number of benzene rings is 6. The fraction of sp³-hybridized carbons (Fsp3) is 0.217. The van der Waals surface area contributed by atoms with Crippen LogP contribution in [0.5, 0.6) is 23.0 Å². The molecular weight excluding hydrogens is 613 g/mol. The van der Waals surface area contributed by atoms with Crippen LogP contribution in [0.2, 0.25) is 13.1 Å². The van der Waals surface area contributed by atoms with Crippen molar-refractivity contribution < 1.29 is 21.8 Å². The molecule has 0 amide bonds. The van der Waals surface area contributed by atoms with Crippen LogP contribution < -0.4 is 19.8 Å². The summed E-state index contributed by atoms with van der Waals surface area (Å²) in [6, 6.07) is 37.4. The van der Waals surface area contributed by atoms with E-state index < -0.39 is 39.5 Å². The van der Waals surface area contributed by atoms with Crippen molar-refractivity contribution in [3.63, 3.8) is 0 Å². The van der Waals surface area contributed by atoms with Crippen molar-refractivity contribution in [1.29, 1.82) is 0 Å². The summed E-state index contributed by atoms with van der Waals surface area (Å²) in [5.74, 6) is 1.79. The summed E-state index contributed by atoms with van der Waals surface area (Å²) in [4.78, 5) is 0. The van der Waals surface area contributed by atoms with E-state index in [0.717, 1.165) is 27.1 Å². The number of ether oxygens (including phenoxy) is 2. The second-order valence-corrected chi connectivity index (χ2v) is 18.6. The van der Waals surface area contributed by atoms with Gasteiger partial charge in [0.1, 0.15) is 31.1 Å². The van der Waals surface area contributed by atoms with Gasteiger partial charge in [0.15, 0.2) is 0 Å². The lowest BCUT2D eigenvalue weighted by Crippen LogP contribution is -2.53. The first-order valence-corrected chi connectivity index (χ1v) is 19.7. The Bertz CT molecular complexity index is 2620. The Kier molecular flexibility index (Phi) is 5.14. The van der Waals surface area contributed by atoms with Crippen molar-refractivity contribution in [1.82, 2.24) is 0 Å². The van der Waals surface area contributed by atoms with Crippen LogP contribution in [0.1, 0.15) is 73.3 Å². The normalized spacial score (nSPS) is 22.6. The molecule has 0 aliphatic carbocycles. The minimum Gasteiger partial charge on any atom is -0.456 e. The van der Waals surface area contributed by atoms with E-state index in [-0.39, 0.29) is 5.56 Å². The molecule has 0 N–H and O–H groups in total. The first-order valence-electron chi connectivity index (χ1n) is 21.2. The predicted molar refractivity (Wildman–Crippen MR) is 207 cm³/mol. The number of fused-ring (bicyclic) bond motifs is 4. The predicted octanol–water partition coefficient (Wildman–Crippen LogP) is 11.3. The van der Waals surface area contributed by atoms with Crippen molar-refractivity contribution in [2.75, 3.05) is 0 Å². The van der Waals surface area contributed by atoms with Crippen LogP contribution in [0, 0.1) is 13.8 Å². The van der Waals surface area contributed by atoms with Gasteiger partial charge in [-0.05, 0) is 48.2 Å². The van der Waals surface area contributed by atoms with E-state index in [1.807, 2.05) is 67.6 Å². The molecule has 2 atom stereocenters. The monoisotopic (exact) mass is 665 g/mol. The molecule has 2 nitrogen and oxygen atoms in total. The highest BCUT2D eigenvalue weighted by molar-refractivity contribution is 7.00. The number of hydrogen-bond donors (Lipinski definition) is 0. The molecule has 49 heavy (non-hydrogen) atoms. The van der Waals surface area contributed by atoms with E-state index in [2.05, 4.69) is 31.3 Å². The van der Waals surface area contributed by atoms with E-state index >= 15 is 0 Å². The zero-order valence-electron chi connectivity index (χ0n) is 37.4. The Morgan fingerprint density at radius 1 is 0.510 bits per heavy atom. The highest BCUT2D eigenvalue weighted by atomic mass is 28.3. The number of para-hydroxylation sites is 4. The van der Waals surface area contributed by atoms with Gasteiger partial charge in [-0.15, -0.1) is 0 Å². The first kappa shape index (κ1) is 22.7. The third kappa shape index (κ3) is 4.81. The summed E-state index contributed by atoms with van der Waals surface area (Å²) in [6.07, 6.45) is 0. The van der Waals surface area contributed by atoms with Gasteiger partial charge in [0, 0.05) is 56.5 Å². The van der Waals surface area contributed by atoms with Crippen molar-refractivity contribution in [2.45, 2.75) is 65.3 Å². The van der Waals surface area contributed by atoms with Crippen LogP contribution in [-0.2, 0) is 10.8 Å². The van der Waals surface area contributed by atoms with Gasteiger partial charge in [0.2, 0.25) is 0 Å². The largest absolute Gasteiger partial charge is 0.456 e. The summed E-state index contributed by atoms with van der Waals surface area (Å²) in [6.45, 7) is 2.65. The molecule has 0 aromatic heterocycles. The Morgan fingerprint density at radius 3 is 1.45 bits per heavy atom. The van der Waals surface area contributed by atoms with E-state index in [9.17, 15) is 0 Å².